The van der Waals surface area contributed by atoms with Crippen molar-refractivity contribution in [2.75, 3.05) is 13.2 Å². The van der Waals surface area contributed by atoms with Crippen molar-refractivity contribution in [1.29, 1.82) is 0 Å². The monoisotopic (exact) mass is 1040 g/mol. The van der Waals surface area contributed by atoms with Crippen LogP contribution in [0.25, 0.3) is 0 Å². The SMILES string of the molecule is CC/C=C\C/C=C\C/C=C\C/C=C\C/C=C\C/C=C\C/C=C\CCCC(=O)OCC(COC(=O)CCCCCCC/C=C\C/C=C\C/C=C\CC)OC(=O)CCCCCCCCCCCCCCCCCCCCC. The molecule has 0 aliphatic heterocycles. The molecule has 0 rings (SSSR count). The zero-order valence-electron chi connectivity index (χ0n) is 48.8. The van der Waals surface area contributed by atoms with Gasteiger partial charge in [-0.15, -0.1) is 0 Å². The molecule has 6 nitrogen and oxygen atoms in total. The molecule has 0 aliphatic carbocycles. The predicted octanol–water partition coefficient (Wildman–Crippen LogP) is 21.2. The van der Waals surface area contributed by atoms with Crippen molar-refractivity contribution >= 4 is 17.9 Å². The molecule has 0 heterocycles. The van der Waals surface area contributed by atoms with Crippen LogP contribution >= 0.6 is 0 Å². The zero-order valence-corrected chi connectivity index (χ0v) is 48.8. The van der Waals surface area contributed by atoms with Crippen LogP contribution < -0.4 is 0 Å². The molecule has 75 heavy (non-hydrogen) atoms. The summed E-state index contributed by atoms with van der Waals surface area (Å²) < 4.78 is 16.9. The Bertz CT molecular complexity index is 1570. The lowest BCUT2D eigenvalue weighted by atomic mass is 10.0. The Labute approximate surface area is 462 Å². The Morgan fingerprint density at radius 3 is 0.867 bits per heavy atom. The Hall–Kier alpha value is -4.19. The third kappa shape index (κ3) is 60.6. The largest absolute Gasteiger partial charge is 0.462 e. The molecular formula is C69H114O6. The summed E-state index contributed by atoms with van der Waals surface area (Å²) in [6.07, 6.45) is 86.3. The highest BCUT2D eigenvalue weighted by molar-refractivity contribution is 5.71. The standard InChI is InChI=1S/C69H114O6/c1-4-7-10-13-16-19-22-25-28-30-32-33-34-35-37-38-41-44-47-50-53-56-59-62-68(71)74-65-66(64-73-67(70)61-58-55-52-49-46-43-40-27-24-21-18-15-12-9-6-3)75-69(72)63-60-57-54-51-48-45-42-39-36-31-29-26-23-20-17-14-11-8-5-2/h7,9-10,12,16,18-19,21,25,27-28,32-33,35,37,40-41,44,50,53,66H,4-6,8,11,13-15,17,20,22-24,26,29-31,34,36,38-39,42-43,45-49,51-52,54-65H2,1-3H3/b10-7-,12-9-,19-16-,21-18-,28-25-,33-32-,37-35-,40-27-,44-41-,53-50-. The second kappa shape index (κ2) is 62.4. The maximum Gasteiger partial charge on any atom is 0.306 e. The summed E-state index contributed by atoms with van der Waals surface area (Å²) in [6.45, 7) is 6.37. The number of hydrogen-bond donors (Lipinski definition) is 0. The molecule has 0 spiro atoms. The summed E-state index contributed by atoms with van der Waals surface area (Å²) in [7, 11) is 0. The second-order valence-corrected chi connectivity index (χ2v) is 20.2. The molecule has 0 saturated carbocycles. The lowest BCUT2D eigenvalue weighted by Crippen LogP contribution is -2.30. The maximum atomic E-state index is 12.9. The molecule has 0 N–H and O–H groups in total. The van der Waals surface area contributed by atoms with Gasteiger partial charge in [0, 0.05) is 19.3 Å². The molecular weight excluding hydrogens is 925 g/mol. The van der Waals surface area contributed by atoms with Gasteiger partial charge in [-0.25, -0.2) is 0 Å². The summed E-state index contributed by atoms with van der Waals surface area (Å²) in [5.41, 5.74) is 0. The summed E-state index contributed by atoms with van der Waals surface area (Å²) in [5.74, 6) is -0.977. The first-order valence-electron chi connectivity index (χ1n) is 31.0. The predicted molar refractivity (Wildman–Crippen MR) is 325 cm³/mol. The number of rotatable bonds is 55. The fraction of sp³-hybridized carbons (Fsp3) is 0.667. The second-order valence-electron chi connectivity index (χ2n) is 20.2. The van der Waals surface area contributed by atoms with E-state index in [-0.39, 0.29) is 37.5 Å². The number of hydrogen-bond acceptors (Lipinski definition) is 6. The average molecular weight is 1040 g/mol. The van der Waals surface area contributed by atoms with E-state index in [1.54, 1.807) is 0 Å². The van der Waals surface area contributed by atoms with Crippen molar-refractivity contribution in [3.8, 4) is 0 Å². The van der Waals surface area contributed by atoms with Gasteiger partial charge in [-0.2, -0.15) is 0 Å². The van der Waals surface area contributed by atoms with E-state index in [9.17, 15) is 14.4 Å². The molecule has 0 radical (unpaired) electrons. The molecule has 0 saturated heterocycles. The lowest BCUT2D eigenvalue weighted by Gasteiger charge is -2.18. The summed E-state index contributed by atoms with van der Waals surface area (Å²) in [6, 6.07) is 0. The molecule has 0 fully saturated rings. The van der Waals surface area contributed by atoms with E-state index in [4.69, 9.17) is 14.2 Å². The van der Waals surface area contributed by atoms with Gasteiger partial charge in [0.2, 0.25) is 0 Å². The highest BCUT2D eigenvalue weighted by atomic mass is 16.6. The quantitative estimate of drug-likeness (QED) is 0.0261. The Morgan fingerprint density at radius 1 is 0.280 bits per heavy atom. The fourth-order valence-electron chi connectivity index (χ4n) is 8.39. The van der Waals surface area contributed by atoms with Gasteiger partial charge in [-0.3, -0.25) is 14.4 Å². The van der Waals surface area contributed by atoms with Gasteiger partial charge in [-0.1, -0.05) is 277 Å². The third-order valence-electron chi connectivity index (χ3n) is 13.0. The molecule has 6 heteroatoms. The van der Waals surface area contributed by atoms with Gasteiger partial charge in [-0.05, 0) is 103 Å². The van der Waals surface area contributed by atoms with Crippen LogP contribution in [0.2, 0.25) is 0 Å². The van der Waals surface area contributed by atoms with Crippen molar-refractivity contribution in [2.45, 2.75) is 284 Å². The zero-order chi connectivity index (χ0) is 54.3. The molecule has 0 amide bonds. The highest BCUT2D eigenvalue weighted by Gasteiger charge is 2.19. The van der Waals surface area contributed by atoms with E-state index in [1.807, 2.05) is 0 Å². The van der Waals surface area contributed by atoms with E-state index in [2.05, 4.69) is 142 Å². The first-order valence-corrected chi connectivity index (χ1v) is 31.0. The first-order chi connectivity index (χ1) is 37.0. The molecule has 426 valence electrons. The minimum absolute atomic E-state index is 0.106. The molecule has 0 aromatic carbocycles. The van der Waals surface area contributed by atoms with Crippen LogP contribution in [0.1, 0.15) is 278 Å². The minimum Gasteiger partial charge on any atom is -0.462 e. The normalized spacial score (nSPS) is 12.9. The molecule has 1 atom stereocenters. The summed E-state index contributed by atoms with van der Waals surface area (Å²) >= 11 is 0. The Morgan fingerprint density at radius 2 is 0.533 bits per heavy atom. The topological polar surface area (TPSA) is 78.9 Å². The van der Waals surface area contributed by atoms with Gasteiger partial charge in [0.1, 0.15) is 13.2 Å². The van der Waals surface area contributed by atoms with Gasteiger partial charge in [0.15, 0.2) is 6.10 Å². The van der Waals surface area contributed by atoms with Crippen LogP contribution in [0.3, 0.4) is 0 Å². The van der Waals surface area contributed by atoms with Crippen LogP contribution in [0.4, 0.5) is 0 Å². The number of esters is 3. The van der Waals surface area contributed by atoms with Crippen molar-refractivity contribution in [3.05, 3.63) is 122 Å². The molecule has 1 unspecified atom stereocenters. The van der Waals surface area contributed by atoms with E-state index in [0.29, 0.717) is 19.3 Å². The smallest absolute Gasteiger partial charge is 0.306 e. The fourth-order valence-corrected chi connectivity index (χ4v) is 8.39. The molecule has 0 aliphatic rings. The summed E-state index contributed by atoms with van der Waals surface area (Å²) in [5, 5.41) is 0. The van der Waals surface area contributed by atoms with E-state index in [1.165, 1.54) is 103 Å². The van der Waals surface area contributed by atoms with E-state index in [0.717, 1.165) is 128 Å². The molecule has 0 aromatic heterocycles. The van der Waals surface area contributed by atoms with Gasteiger partial charge in [0.25, 0.3) is 0 Å². The van der Waals surface area contributed by atoms with Gasteiger partial charge in [0.05, 0.1) is 0 Å². The third-order valence-corrected chi connectivity index (χ3v) is 13.0. The van der Waals surface area contributed by atoms with Crippen LogP contribution in [0.15, 0.2) is 122 Å². The van der Waals surface area contributed by atoms with Crippen LogP contribution in [0.5, 0.6) is 0 Å². The van der Waals surface area contributed by atoms with Crippen molar-refractivity contribution < 1.29 is 28.6 Å². The van der Waals surface area contributed by atoms with Crippen LogP contribution in [-0.4, -0.2) is 37.2 Å². The average Bonchev–Trinajstić information content (AvgIpc) is 3.41. The number of allylic oxidation sites excluding steroid dienone is 20. The molecule has 0 bridgehead atoms. The number of carbonyl (C=O) groups is 3. The van der Waals surface area contributed by atoms with E-state index >= 15 is 0 Å². The molecule has 0 aromatic rings. The number of unbranched alkanes of at least 4 members (excludes halogenated alkanes) is 24. The highest BCUT2D eigenvalue weighted by Crippen LogP contribution is 2.16. The minimum atomic E-state index is -0.812. The van der Waals surface area contributed by atoms with Crippen molar-refractivity contribution in [3.63, 3.8) is 0 Å². The number of carbonyl (C=O) groups excluding carboxylic acids is 3. The summed E-state index contributed by atoms with van der Waals surface area (Å²) in [4.78, 5) is 38.3. The lowest BCUT2D eigenvalue weighted by molar-refractivity contribution is -0.167. The maximum absolute atomic E-state index is 12.9. The van der Waals surface area contributed by atoms with Gasteiger partial charge >= 0.3 is 17.9 Å². The van der Waals surface area contributed by atoms with Crippen molar-refractivity contribution in [1.82, 2.24) is 0 Å². The van der Waals surface area contributed by atoms with Crippen LogP contribution in [-0.2, 0) is 28.6 Å². The Kier molecular flexibility index (Phi) is 58.9. The first kappa shape index (κ1) is 70.8. The Balaban J connectivity index is 4.49. The van der Waals surface area contributed by atoms with Crippen molar-refractivity contribution in [2.24, 2.45) is 0 Å². The van der Waals surface area contributed by atoms with Crippen LogP contribution in [0, 0.1) is 0 Å². The van der Waals surface area contributed by atoms with Gasteiger partial charge < -0.3 is 14.2 Å². The van der Waals surface area contributed by atoms with E-state index < -0.39 is 6.10 Å². The number of ether oxygens (including phenoxy) is 3.